The Bertz CT molecular complexity index is 858. The summed E-state index contributed by atoms with van der Waals surface area (Å²) in [5.74, 6) is -0.220. The predicted molar refractivity (Wildman–Crippen MR) is 95.0 cm³/mol. The molecule has 2 heterocycles. The van der Waals surface area contributed by atoms with Crippen LogP contribution >= 0.6 is 11.3 Å². The van der Waals surface area contributed by atoms with Crippen LogP contribution in [0.25, 0.3) is 10.2 Å². The van der Waals surface area contributed by atoms with E-state index in [2.05, 4.69) is 15.2 Å². The lowest BCUT2D eigenvalue weighted by Gasteiger charge is -2.32. The molecule has 6 heteroatoms. The molecule has 123 valence electrons. The maximum atomic E-state index is 13.3. The van der Waals surface area contributed by atoms with E-state index in [9.17, 15) is 9.50 Å². The zero-order chi connectivity index (χ0) is 16.5. The molecule has 24 heavy (non-hydrogen) atoms. The topological polar surface area (TPSA) is 48.1 Å². The van der Waals surface area contributed by atoms with Crippen LogP contribution < -0.4 is 10.2 Å². The zero-order valence-corrected chi connectivity index (χ0v) is 13.9. The van der Waals surface area contributed by atoms with Gasteiger partial charge in [0.05, 0.1) is 10.2 Å². The van der Waals surface area contributed by atoms with Gasteiger partial charge in [-0.3, -0.25) is 5.11 Å². The molecule has 0 atom stereocenters. The van der Waals surface area contributed by atoms with E-state index in [1.165, 1.54) is 12.1 Å². The second-order valence-corrected chi connectivity index (χ2v) is 7.05. The van der Waals surface area contributed by atoms with E-state index in [0.29, 0.717) is 6.04 Å². The molecule has 1 radical (unpaired) electrons. The molecule has 1 aliphatic heterocycles. The zero-order valence-electron chi connectivity index (χ0n) is 13.0. The Labute approximate surface area is 143 Å². The first-order valence-electron chi connectivity index (χ1n) is 8.02. The van der Waals surface area contributed by atoms with Crippen molar-refractivity contribution >= 4 is 32.4 Å². The number of thiazole rings is 1. The number of nitrogens with one attached hydrogen (secondary N) is 1. The van der Waals surface area contributed by atoms with Crippen molar-refractivity contribution in [1.29, 1.82) is 0 Å². The quantitative estimate of drug-likeness (QED) is 0.753. The first kappa shape index (κ1) is 15.2. The molecule has 3 aromatic rings. The van der Waals surface area contributed by atoms with Crippen LogP contribution in [0, 0.1) is 5.82 Å². The summed E-state index contributed by atoms with van der Waals surface area (Å²) < 4.78 is 14.3. The van der Waals surface area contributed by atoms with Crippen LogP contribution in [-0.4, -0.2) is 24.1 Å². The molecular weight excluding hydrogens is 325 g/mol. The van der Waals surface area contributed by atoms with Gasteiger partial charge in [-0.05, 0) is 43.2 Å². The van der Waals surface area contributed by atoms with Crippen LogP contribution in [0.3, 0.4) is 0 Å². The molecule has 1 saturated heterocycles. The average molecular weight is 342 g/mol. The summed E-state index contributed by atoms with van der Waals surface area (Å²) in [7, 11) is 0. The molecule has 1 aliphatic rings. The number of aromatic nitrogens is 1. The van der Waals surface area contributed by atoms with Gasteiger partial charge in [0.25, 0.3) is 0 Å². The molecule has 1 aromatic heterocycles. The number of hydrogen-bond donors (Lipinski definition) is 1. The van der Waals surface area contributed by atoms with Gasteiger partial charge in [0.1, 0.15) is 5.82 Å². The van der Waals surface area contributed by atoms with E-state index >= 15 is 0 Å². The molecule has 1 fully saturated rings. The number of nitrogens with zero attached hydrogens (tertiary/aromatic N) is 2. The lowest BCUT2D eigenvalue weighted by molar-refractivity contribution is 0.355. The largest absolute Gasteiger partial charge is 0.382 e. The minimum atomic E-state index is -0.218. The Morgan fingerprint density at radius 1 is 1.17 bits per heavy atom. The highest BCUT2D eigenvalue weighted by Gasteiger charge is 2.21. The molecule has 1 N–H and O–H groups in total. The number of benzene rings is 2. The summed E-state index contributed by atoms with van der Waals surface area (Å²) in [4.78, 5) is 6.86. The summed E-state index contributed by atoms with van der Waals surface area (Å²) in [6, 6.07) is 12.0. The lowest BCUT2D eigenvalue weighted by atomic mass is 10.1. The number of fused-ring (bicyclic) bond motifs is 1. The number of piperidine rings is 1. The van der Waals surface area contributed by atoms with Gasteiger partial charge >= 0.3 is 0 Å². The highest BCUT2D eigenvalue weighted by molar-refractivity contribution is 7.22. The maximum Gasteiger partial charge on any atom is 0.186 e. The van der Waals surface area contributed by atoms with Crippen LogP contribution in [-0.2, 0) is 5.11 Å². The molecular formula is C18H17FN3OS. The number of anilines is 2. The molecule has 0 unspecified atom stereocenters. The lowest BCUT2D eigenvalue weighted by Crippen LogP contribution is -2.39. The molecule has 0 aliphatic carbocycles. The fourth-order valence-corrected chi connectivity index (χ4v) is 4.06. The maximum absolute atomic E-state index is 13.3. The Hall–Kier alpha value is -2.34. The van der Waals surface area contributed by atoms with Crippen molar-refractivity contribution in [2.45, 2.75) is 18.9 Å². The highest BCUT2D eigenvalue weighted by atomic mass is 32.1. The molecule has 0 bridgehead atoms. The summed E-state index contributed by atoms with van der Waals surface area (Å²) in [6.45, 7) is 1.80. The van der Waals surface area contributed by atoms with Gasteiger partial charge in [-0.1, -0.05) is 17.4 Å². The minimum Gasteiger partial charge on any atom is -0.382 e. The SMILES string of the molecule is [O]c1ccc2sc(N3CCC(Nc4cccc(F)c4)CC3)nc2c1. The first-order chi connectivity index (χ1) is 11.7. The molecule has 0 saturated carbocycles. The fraction of sp³-hybridized carbons (Fsp3) is 0.278. The fourth-order valence-electron chi connectivity index (χ4n) is 3.06. The van der Waals surface area contributed by atoms with Crippen molar-refractivity contribution in [2.75, 3.05) is 23.3 Å². The Balaban J connectivity index is 1.41. The normalized spacial score (nSPS) is 15.8. The van der Waals surface area contributed by atoms with Gasteiger partial charge in [0.2, 0.25) is 0 Å². The van der Waals surface area contributed by atoms with Crippen molar-refractivity contribution in [3.8, 4) is 5.75 Å². The van der Waals surface area contributed by atoms with Gasteiger partial charge in [0, 0.05) is 30.9 Å². The van der Waals surface area contributed by atoms with Crippen molar-refractivity contribution in [3.63, 3.8) is 0 Å². The third kappa shape index (κ3) is 3.14. The van der Waals surface area contributed by atoms with E-state index in [1.807, 2.05) is 12.1 Å². The summed E-state index contributed by atoms with van der Waals surface area (Å²) in [5.41, 5.74) is 1.61. The van der Waals surface area contributed by atoms with Gasteiger partial charge in [-0.15, -0.1) is 0 Å². The van der Waals surface area contributed by atoms with Crippen LogP contribution in [0.5, 0.6) is 5.75 Å². The number of hydrogen-bond acceptors (Lipinski definition) is 4. The van der Waals surface area contributed by atoms with Crippen LogP contribution in [0.15, 0.2) is 42.5 Å². The molecule has 2 aromatic carbocycles. The average Bonchev–Trinajstić information content (AvgIpc) is 2.98. The Morgan fingerprint density at radius 3 is 2.79 bits per heavy atom. The van der Waals surface area contributed by atoms with Crippen LogP contribution in [0.4, 0.5) is 15.2 Å². The van der Waals surface area contributed by atoms with Crippen molar-refractivity contribution in [1.82, 2.24) is 4.98 Å². The molecule has 4 rings (SSSR count). The van der Waals surface area contributed by atoms with E-state index < -0.39 is 0 Å². The van der Waals surface area contributed by atoms with Crippen LogP contribution in [0.2, 0.25) is 0 Å². The first-order valence-corrected chi connectivity index (χ1v) is 8.84. The van der Waals surface area contributed by atoms with Crippen molar-refractivity contribution < 1.29 is 9.50 Å². The summed E-state index contributed by atoms with van der Waals surface area (Å²) >= 11 is 1.63. The summed E-state index contributed by atoms with van der Waals surface area (Å²) in [6.07, 6.45) is 1.94. The third-order valence-electron chi connectivity index (χ3n) is 4.31. The minimum absolute atomic E-state index is 0.00245. The van der Waals surface area contributed by atoms with Gasteiger partial charge < -0.3 is 10.2 Å². The third-order valence-corrected chi connectivity index (χ3v) is 5.41. The van der Waals surface area contributed by atoms with E-state index in [1.54, 1.807) is 29.5 Å². The predicted octanol–water partition coefficient (Wildman–Crippen LogP) is 4.66. The molecule has 0 amide bonds. The van der Waals surface area contributed by atoms with Gasteiger partial charge in [-0.2, -0.15) is 0 Å². The van der Waals surface area contributed by atoms with Gasteiger partial charge in [0.15, 0.2) is 10.9 Å². The second kappa shape index (κ2) is 6.28. The molecule has 4 nitrogen and oxygen atoms in total. The second-order valence-electron chi connectivity index (χ2n) is 6.04. The molecule has 0 spiro atoms. The Morgan fingerprint density at radius 2 is 2.00 bits per heavy atom. The van der Waals surface area contributed by atoms with Crippen LogP contribution in [0.1, 0.15) is 12.8 Å². The van der Waals surface area contributed by atoms with E-state index in [-0.39, 0.29) is 11.6 Å². The summed E-state index contributed by atoms with van der Waals surface area (Å²) in [5, 5.41) is 15.8. The van der Waals surface area contributed by atoms with Crippen molar-refractivity contribution in [2.24, 2.45) is 0 Å². The monoisotopic (exact) mass is 342 g/mol. The van der Waals surface area contributed by atoms with E-state index in [4.69, 9.17) is 0 Å². The highest BCUT2D eigenvalue weighted by Crippen LogP contribution is 2.32. The van der Waals surface area contributed by atoms with Gasteiger partial charge in [-0.25, -0.2) is 9.37 Å². The van der Waals surface area contributed by atoms with E-state index in [0.717, 1.165) is 47.0 Å². The van der Waals surface area contributed by atoms with Crippen molar-refractivity contribution in [3.05, 3.63) is 48.3 Å². The Kier molecular flexibility index (Phi) is 3.98. The number of rotatable bonds is 3. The smallest absolute Gasteiger partial charge is 0.186 e. The number of halogens is 1. The standard InChI is InChI=1S/C18H17FN3OS/c19-12-2-1-3-14(10-12)20-13-6-8-22(9-7-13)18-21-16-11-15(23)4-5-17(16)24-18/h1-5,10-11,13,20H,6-9H2.